The van der Waals surface area contributed by atoms with E-state index in [4.69, 9.17) is 0 Å². The van der Waals surface area contributed by atoms with E-state index >= 15 is 0 Å². The van der Waals surface area contributed by atoms with Crippen LogP contribution in [0.4, 0.5) is 0 Å². The van der Waals surface area contributed by atoms with Crippen LogP contribution in [0, 0.1) is 17.8 Å². The second-order valence-electron chi connectivity index (χ2n) is 10.3. The zero-order valence-corrected chi connectivity index (χ0v) is 18.3. The average molecular weight is 363 g/mol. The maximum atomic E-state index is 2.76. The third-order valence-electron chi connectivity index (χ3n) is 8.00. The zero-order valence-electron chi connectivity index (χ0n) is 18.3. The van der Waals surface area contributed by atoms with Gasteiger partial charge in [-0.25, -0.2) is 0 Å². The molecule has 4 aliphatic rings. The van der Waals surface area contributed by atoms with Crippen molar-refractivity contribution in [1.82, 2.24) is 9.80 Å². The summed E-state index contributed by atoms with van der Waals surface area (Å²) in [5, 5.41) is 0. The minimum absolute atomic E-state index is 0.767. The summed E-state index contributed by atoms with van der Waals surface area (Å²) in [7, 11) is 0. The van der Waals surface area contributed by atoms with Crippen LogP contribution in [-0.4, -0.2) is 47.6 Å². The normalized spacial score (nSPS) is 36.2. The molecule has 0 N–H and O–H groups in total. The maximum absolute atomic E-state index is 2.76. The molecule has 0 amide bonds. The molecule has 0 spiro atoms. The molecular formula is C24H46N2. The maximum Gasteiger partial charge on any atom is 0.0126 e. The summed E-state index contributed by atoms with van der Waals surface area (Å²) in [4.78, 5) is 5.43. The fourth-order valence-corrected chi connectivity index (χ4v) is 6.40. The van der Waals surface area contributed by atoms with E-state index in [0.717, 1.165) is 35.9 Å². The molecule has 2 nitrogen and oxygen atoms in total. The van der Waals surface area contributed by atoms with Crippen LogP contribution in [0.5, 0.6) is 0 Å². The Morgan fingerprint density at radius 2 is 1.19 bits per heavy atom. The van der Waals surface area contributed by atoms with Crippen LogP contribution >= 0.6 is 0 Å². The summed E-state index contributed by atoms with van der Waals surface area (Å²) in [6.07, 6.45) is 16.4. The molecule has 4 rings (SSSR count). The Morgan fingerprint density at radius 1 is 0.577 bits per heavy atom. The highest BCUT2D eigenvalue weighted by atomic mass is 15.2. The first-order valence-corrected chi connectivity index (χ1v) is 12.1. The molecule has 4 fully saturated rings. The number of rotatable bonds is 2. The van der Waals surface area contributed by atoms with Crippen LogP contribution in [0.2, 0.25) is 0 Å². The molecule has 152 valence electrons. The molecule has 26 heavy (non-hydrogen) atoms. The molecule has 2 heterocycles. The van der Waals surface area contributed by atoms with E-state index in [1.807, 2.05) is 0 Å². The Bertz CT molecular complexity index is 401. The fraction of sp³-hybridized carbons (Fsp3) is 1.00. The average Bonchev–Trinajstić information content (AvgIpc) is 2.67. The lowest BCUT2D eigenvalue weighted by Gasteiger charge is -2.46. The fourth-order valence-electron chi connectivity index (χ4n) is 6.40. The van der Waals surface area contributed by atoms with E-state index < -0.39 is 0 Å². The standard InChI is InChI=1S/2C12H23N/c1-10(2)13-9-5-7-11-6-3-4-8-12(11)13;1-10(2)13-8-7-11-5-3-4-6-12(11)9-13/h2*10-12H,3-9H2,1-2H3. The molecule has 4 atom stereocenters. The van der Waals surface area contributed by atoms with Gasteiger partial charge in [0.1, 0.15) is 0 Å². The predicted molar refractivity (Wildman–Crippen MR) is 114 cm³/mol. The van der Waals surface area contributed by atoms with Crippen LogP contribution in [0.1, 0.15) is 98.3 Å². The lowest BCUT2D eigenvalue weighted by atomic mass is 9.75. The Hall–Kier alpha value is -0.0800. The van der Waals surface area contributed by atoms with Crippen LogP contribution in [0.3, 0.4) is 0 Å². The smallest absolute Gasteiger partial charge is 0.0126 e. The lowest BCUT2D eigenvalue weighted by molar-refractivity contribution is 0.0371. The summed E-state index contributed by atoms with van der Waals surface area (Å²) in [6.45, 7) is 13.5. The first kappa shape index (κ1) is 20.6. The number of piperidine rings is 2. The molecule has 2 heteroatoms. The van der Waals surface area contributed by atoms with Crippen molar-refractivity contribution in [2.45, 2.75) is 116 Å². The molecule has 0 aromatic heterocycles. The number of likely N-dealkylation sites (tertiary alicyclic amines) is 2. The quantitative estimate of drug-likeness (QED) is 0.598. The van der Waals surface area contributed by atoms with Gasteiger partial charge in [-0.1, -0.05) is 32.1 Å². The van der Waals surface area contributed by atoms with Gasteiger partial charge in [0.2, 0.25) is 0 Å². The zero-order chi connectivity index (χ0) is 18.5. The second-order valence-corrected chi connectivity index (χ2v) is 10.3. The minimum atomic E-state index is 0.767. The molecule has 0 aromatic carbocycles. The van der Waals surface area contributed by atoms with Gasteiger partial charge in [0.25, 0.3) is 0 Å². The number of nitrogens with zero attached hydrogens (tertiary/aromatic N) is 2. The van der Waals surface area contributed by atoms with Crippen LogP contribution in [-0.2, 0) is 0 Å². The molecule has 2 saturated heterocycles. The summed E-state index contributed by atoms with van der Waals surface area (Å²) >= 11 is 0. The monoisotopic (exact) mass is 362 g/mol. The first-order chi connectivity index (χ1) is 12.6. The highest BCUT2D eigenvalue weighted by Gasteiger charge is 2.34. The third kappa shape index (κ3) is 5.25. The van der Waals surface area contributed by atoms with Gasteiger partial charge in [-0.05, 0) is 97.1 Å². The van der Waals surface area contributed by atoms with Crippen molar-refractivity contribution in [1.29, 1.82) is 0 Å². The van der Waals surface area contributed by atoms with Crippen molar-refractivity contribution in [3.8, 4) is 0 Å². The molecule has 0 radical (unpaired) electrons. The van der Waals surface area contributed by atoms with Crippen molar-refractivity contribution < 1.29 is 0 Å². The summed E-state index contributed by atoms with van der Waals surface area (Å²) in [5.41, 5.74) is 0. The van der Waals surface area contributed by atoms with Crippen LogP contribution in [0.15, 0.2) is 0 Å². The summed E-state index contributed by atoms with van der Waals surface area (Å²) < 4.78 is 0. The molecule has 2 aliphatic carbocycles. The molecule has 0 aromatic rings. The lowest BCUT2D eigenvalue weighted by Crippen LogP contribution is -2.49. The summed E-state index contributed by atoms with van der Waals surface area (Å²) in [6, 6.07) is 2.48. The second kappa shape index (κ2) is 9.92. The highest BCUT2D eigenvalue weighted by molar-refractivity contribution is 4.88. The molecular weight excluding hydrogens is 316 g/mol. The molecule has 0 bridgehead atoms. The summed E-state index contributed by atoms with van der Waals surface area (Å²) in [5.74, 6) is 3.18. The van der Waals surface area contributed by atoms with Gasteiger partial charge in [-0.2, -0.15) is 0 Å². The Kier molecular flexibility index (Phi) is 7.88. The van der Waals surface area contributed by atoms with Gasteiger partial charge in [0.15, 0.2) is 0 Å². The Balaban J connectivity index is 0.000000151. The number of hydrogen-bond donors (Lipinski definition) is 0. The van der Waals surface area contributed by atoms with E-state index in [0.29, 0.717) is 0 Å². The first-order valence-electron chi connectivity index (χ1n) is 12.1. The van der Waals surface area contributed by atoms with E-state index in [-0.39, 0.29) is 0 Å². The van der Waals surface area contributed by atoms with Gasteiger partial charge in [0, 0.05) is 24.7 Å². The van der Waals surface area contributed by atoms with Gasteiger partial charge in [-0.15, -0.1) is 0 Å². The highest BCUT2D eigenvalue weighted by Crippen LogP contribution is 2.37. The van der Waals surface area contributed by atoms with Gasteiger partial charge < -0.3 is 4.90 Å². The van der Waals surface area contributed by atoms with Gasteiger partial charge >= 0.3 is 0 Å². The van der Waals surface area contributed by atoms with Gasteiger partial charge in [0.05, 0.1) is 0 Å². The predicted octanol–water partition coefficient (Wildman–Crippen LogP) is 5.96. The van der Waals surface area contributed by atoms with Crippen LogP contribution < -0.4 is 0 Å². The topological polar surface area (TPSA) is 6.48 Å². The molecule has 2 aliphatic heterocycles. The minimum Gasteiger partial charge on any atom is -0.301 e. The van der Waals surface area contributed by atoms with E-state index in [1.165, 1.54) is 90.3 Å². The van der Waals surface area contributed by atoms with Crippen molar-refractivity contribution in [3.05, 3.63) is 0 Å². The van der Waals surface area contributed by atoms with Gasteiger partial charge in [-0.3, -0.25) is 4.90 Å². The SMILES string of the molecule is CC(C)N1CCC2CCCCC2C1.CC(C)N1CCCC2CCCCC21. The van der Waals surface area contributed by atoms with E-state index in [1.54, 1.807) is 0 Å². The van der Waals surface area contributed by atoms with E-state index in [2.05, 4.69) is 37.5 Å². The number of hydrogen-bond acceptors (Lipinski definition) is 2. The van der Waals surface area contributed by atoms with E-state index in [9.17, 15) is 0 Å². The van der Waals surface area contributed by atoms with Crippen molar-refractivity contribution in [2.75, 3.05) is 19.6 Å². The number of fused-ring (bicyclic) bond motifs is 2. The molecule has 4 unspecified atom stereocenters. The third-order valence-corrected chi connectivity index (χ3v) is 8.00. The van der Waals surface area contributed by atoms with Crippen molar-refractivity contribution in [2.24, 2.45) is 17.8 Å². The molecule has 2 saturated carbocycles. The Labute approximate surface area is 164 Å². The van der Waals surface area contributed by atoms with Crippen molar-refractivity contribution >= 4 is 0 Å². The largest absolute Gasteiger partial charge is 0.301 e. The van der Waals surface area contributed by atoms with Crippen LogP contribution in [0.25, 0.3) is 0 Å². The van der Waals surface area contributed by atoms with Crippen molar-refractivity contribution in [3.63, 3.8) is 0 Å². The Morgan fingerprint density at radius 3 is 1.88 bits per heavy atom.